The summed E-state index contributed by atoms with van der Waals surface area (Å²) in [6.45, 7) is 9.33. The standard InChI is InChI=1S/C19H23N5/c1-15-4-3-5-17(12-15)14-22-8-10-23(11-9-22)19-18-13-16(2)21-24(18)7-6-20-19/h3-7,12-13H,8-11,14H2,1-2H3. The van der Waals surface area contributed by atoms with Crippen LogP contribution < -0.4 is 4.90 Å². The number of rotatable bonds is 3. The second kappa shape index (κ2) is 6.24. The number of anilines is 1. The highest BCUT2D eigenvalue weighted by molar-refractivity contribution is 5.69. The van der Waals surface area contributed by atoms with Gasteiger partial charge in [0.05, 0.1) is 5.69 Å². The van der Waals surface area contributed by atoms with Gasteiger partial charge in [0.1, 0.15) is 5.52 Å². The van der Waals surface area contributed by atoms with Crippen LogP contribution in [-0.2, 0) is 6.54 Å². The Hall–Kier alpha value is -2.40. The highest BCUT2D eigenvalue weighted by atomic mass is 15.3. The first-order valence-corrected chi connectivity index (χ1v) is 8.53. The van der Waals surface area contributed by atoms with Crippen LogP contribution in [-0.4, -0.2) is 45.7 Å². The van der Waals surface area contributed by atoms with E-state index in [2.05, 4.69) is 57.1 Å². The molecule has 1 aromatic carbocycles. The highest BCUT2D eigenvalue weighted by Crippen LogP contribution is 2.21. The molecule has 1 fully saturated rings. The molecular weight excluding hydrogens is 298 g/mol. The van der Waals surface area contributed by atoms with E-state index < -0.39 is 0 Å². The van der Waals surface area contributed by atoms with Gasteiger partial charge in [-0.1, -0.05) is 29.8 Å². The number of hydrogen-bond acceptors (Lipinski definition) is 4. The second-order valence-corrected chi connectivity index (χ2v) is 6.62. The summed E-state index contributed by atoms with van der Waals surface area (Å²) in [5, 5.41) is 4.49. The molecule has 4 rings (SSSR count). The summed E-state index contributed by atoms with van der Waals surface area (Å²) >= 11 is 0. The molecule has 0 radical (unpaired) electrons. The monoisotopic (exact) mass is 321 g/mol. The highest BCUT2D eigenvalue weighted by Gasteiger charge is 2.20. The molecule has 3 heterocycles. The van der Waals surface area contributed by atoms with Crippen molar-refractivity contribution in [2.75, 3.05) is 31.1 Å². The Labute approximate surface area is 142 Å². The number of aromatic nitrogens is 3. The van der Waals surface area contributed by atoms with Gasteiger partial charge in [0.2, 0.25) is 0 Å². The lowest BCUT2D eigenvalue weighted by atomic mass is 10.1. The van der Waals surface area contributed by atoms with Crippen molar-refractivity contribution in [3.8, 4) is 0 Å². The molecule has 5 heteroatoms. The first-order valence-electron chi connectivity index (χ1n) is 8.53. The Balaban J connectivity index is 1.45. The molecule has 1 aliphatic heterocycles. The lowest BCUT2D eigenvalue weighted by Crippen LogP contribution is -2.46. The molecule has 24 heavy (non-hydrogen) atoms. The Morgan fingerprint density at radius 1 is 1.04 bits per heavy atom. The fourth-order valence-corrected chi connectivity index (χ4v) is 3.46. The summed E-state index contributed by atoms with van der Waals surface area (Å²) in [5.41, 5.74) is 4.86. The van der Waals surface area contributed by atoms with E-state index in [1.807, 2.05) is 23.8 Å². The van der Waals surface area contributed by atoms with E-state index in [0.717, 1.165) is 49.8 Å². The lowest BCUT2D eigenvalue weighted by Gasteiger charge is -2.35. The number of piperazine rings is 1. The Morgan fingerprint density at radius 2 is 1.88 bits per heavy atom. The smallest absolute Gasteiger partial charge is 0.154 e. The fourth-order valence-electron chi connectivity index (χ4n) is 3.46. The maximum atomic E-state index is 4.61. The van der Waals surface area contributed by atoms with Crippen LogP contribution in [0.5, 0.6) is 0 Å². The van der Waals surface area contributed by atoms with E-state index in [9.17, 15) is 0 Å². The molecule has 0 atom stereocenters. The molecule has 0 amide bonds. The summed E-state index contributed by atoms with van der Waals surface area (Å²) in [6.07, 6.45) is 3.76. The van der Waals surface area contributed by atoms with Crippen molar-refractivity contribution < 1.29 is 0 Å². The van der Waals surface area contributed by atoms with Crippen LogP contribution in [0.3, 0.4) is 0 Å². The van der Waals surface area contributed by atoms with Crippen LogP contribution in [0.15, 0.2) is 42.7 Å². The van der Waals surface area contributed by atoms with Gasteiger partial charge in [0.25, 0.3) is 0 Å². The molecule has 1 aliphatic rings. The third kappa shape index (κ3) is 2.99. The number of aryl methyl sites for hydroxylation is 2. The topological polar surface area (TPSA) is 36.7 Å². The summed E-state index contributed by atoms with van der Waals surface area (Å²) in [7, 11) is 0. The van der Waals surface area contributed by atoms with Gasteiger partial charge in [-0.05, 0) is 25.5 Å². The van der Waals surface area contributed by atoms with Crippen molar-refractivity contribution in [2.24, 2.45) is 0 Å². The third-order valence-corrected chi connectivity index (χ3v) is 4.65. The third-order valence-electron chi connectivity index (χ3n) is 4.65. The van der Waals surface area contributed by atoms with Gasteiger partial charge >= 0.3 is 0 Å². The van der Waals surface area contributed by atoms with Crippen LogP contribution in [0, 0.1) is 13.8 Å². The first kappa shape index (κ1) is 15.1. The van der Waals surface area contributed by atoms with Gasteiger partial charge in [-0.25, -0.2) is 9.50 Å². The zero-order valence-electron chi connectivity index (χ0n) is 14.3. The molecule has 0 aliphatic carbocycles. The molecule has 0 unspecified atom stereocenters. The molecule has 0 saturated carbocycles. The molecule has 0 bridgehead atoms. The van der Waals surface area contributed by atoms with Crippen LogP contribution >= 0.6 is 0 Å². The van der Waals surface area contributed by atoms with Gasteiger partial charge < -0.3 is 4.90 Å². The van der Waals surface area contributed by atoms with E-state index in [4.69, 9.17) is 0 Å². The van der Waals surface area contributed by atoms with Crippen molar-refractivity contribution in [3.05, 3.63) is 59.5 Å². The lowest BCUT2D eigenvalue weighted by molar-refractivity contribution is 0.249. The summed E-state index contributed by atoms with van der Waals surface area (Å²) in [6, 6.07) is 10.9. The van der Waals surface area contributed by atoms with Crippen molar-refractivity contribution in [1.29, 1.82) is 0 Å². The molecule has 124 valence electrons. The molecule has 2 aromatic heterocycles. The largest absolute Gasteiger partial charge is 0.352 e. The molecule has 5 nitrogen and oxygen atoms in total. The maximum absolute atomic E-state index is 4.61. The van der Waals surface area contributed by atoms with E-state index in [0.29, 0.717) is 0 Å². The number of fused-ring (bicyclic) bond motifs is 1. The van der Waals surface area contributed by atoms with Gasteiger partial charge in [-0.15, -0.1) is 0 Å². The Bertz CT molecular complexity index is 846. The van der Waals surface area contributed by atoms with E-state index in [-0.39, 0.29) is 0 Å². The minimum atomic E-state index is 1.00. The summed E-state index contributed by atoms with van der Waals surface area (Å²) in [5.74, 6) is 1.05. The molecular formula is C19H23N5. The number of benzene rings is 1. The average Bonchev–Trinajstić information content (AvgIpc) is 2.96. The van der Waals surface area contributed by atoms with Gasteiger partial charge in [-0.3, -0.25) is 4.90 Å². The Kier molecular flexibility index (Phi) is 3.94. The van der Waals surface area contributed by atoms with Gasteiger partial charge in [0.15, 0.2) is 5.82 Å². The number of hydrogen-bond donors (Lipinski definition) is 0. The SMILES string of the molecule is Cc1cccc(CN2CCN(c3nccn4nc(C)cc34)CC2)c1. The van der Waals surface area contributed by atoms with Crippen LogP contribution in [0.25, 0.3) is 5.52 Å². The van der Waals surface area contributed by atoms with Crippen LogP contribution in [0.1, 0.15) is 16.8 Å². The van der Waals surface area contributed by atoms with Crippen molar-refractivity contribution >= 4 is 11.3 Å². The maximum Gasteiger partial charge on any atom is 0.154 e. The van der Waals surface area contributed by atoms with Gasteiger partial charge in [-0.2, -0.15) is 5.10 Å². The molecule has 1 saturated heterocycles. The molecule has 0 N–H and O–H groups in total. The van der Waals surface area contributed by atoms with E-state index in [1.165, 1.54) is 11.1 Å². The number of nitrogens with zero attached hydrogens (tertiary/aromatic N) is 5. The first-order chi connectivity index (χ1) is 11.7. The van der Waals surface area contributed by atoms with Crippen molar-refractivity contribution in [1.82, 2.24) is 19.5 Å². The quantitative estimate of drug-likeness (QED) is 0.743. The predicted molar refractivity (Wildman–Crippen MR) is 96.4 cm³/mol. The van der Waals surface area contributed by atoms with Gasteiger partial charge in [0, 0.05) is 45.1 Å². The predicted octanol–water partition coefficient (Wildman–Crippen LogP) is 2.67. The zero-order chi connectivity index (χ0) is 16.5. The van der Waals surface area contributed by atoms with E-state index >= 15 is 0 Å². The fraction of sp³-hybridized carbons (Fsp3) is 0.368. The second-order valence-electron chi connectivity index (χ2n) is 6.62. The minimum Gasteiger partial charge on any atom is -0.352 e. The van der Waals surface area contributed by atoms with Crippen molar-refractivity contribution in [2.45, 2.75) is 20.4 Å². The van der Waals surface area contributed by atoms with Crippen molar-refractivity contribution in [3.63, 3.8) is 0 Å². The van der Waals surface area contributed by atoms with Crippen LogP contribution in [0.2, 0.25) is 0 Å². The van der Waals surface area contributed by atoms with Crippen LogP contribution in [0.4, 0.5) is 5.82 Å². The van der Waals surface area contributed by atoms with E-state index in [1.54, 1.807) is 0 Å². The molecule has 3 aromatic rings. The summed E-state index contributed by atoms with van der Waals surface area (Å²) in [4.78, 5) is 9.51. The molecule has 0 spiro atoms. The normalized spacial score (nSPS) is 16.0. The zero-order valence-corrected chi connectivity index (χ0v) is 14.3. The minimum absolute atomic E-state index is 1.00. The summed E-state index contributed by atoms with van der Waals surface area (Å²) < 4.78 is 1.93. The Morgan fingerprint density at radius 3 is 2.67 bits per heavy atom. The average molecular weight is 321 g/mol.